The number of carbonyl (C=O) groups excluding carboxylic acids is 1. The molecular weight excluding hydrogens is 258 g/mol. The van der Waals surface area contributed by atoms with Crippen LogP contribution < -0.4 is 10.4 Å². The van der Waals surface area contributed by atoms with E-state index in [4.69, 9.17) is 0 Å². The quantitative estimate of drug-likeness (QED) is 0.649. The second kappa shape index (κ2) is 3.93. The molecule has 10 heteroatoms. The molecule has 0 aromatic heterocycles. The number of hydrogen-bond acceptors (Lipinski definition) is 3. The predicted octanol–water partition coefficient (Wildman–Crippen LogP) is 0.601. The van der Waals surface area contributed by atoms with Gasteiger partial charge in [-0.15, -0.1) is 0 Å². The van der Waals surface area contributed by atoms with Crippen LogP contribution in [-0.4, -0.2) is 24.2 Å². The number of nitrogens with zero attached hydrogens (tertiary/aromatic N) is 1. The first-order valence-corrected chi connectivity index (χ1v) is 3.95. The molecule has 17 heavy (non-hydrogen) atoms. The molecule has 0 unspecified atom stereocenters. The molecule has 0 aromatic carbocycles. The zero-order valence-corrected chi connectivity index (χ0v) is 7.74. The number of aliphatic imine (C=N–C) groups is 1. The maximum Gasteiger partial charge on any atom is 0.424 e. The SMILES string of the molecule is O=C1CC([O-])=NC(=C(C(F)(F)F)C(F)(F)F)N1. The molecule has 0 spiro atoms. The van der Waals surface area contributed by atoms with Crippen molar-refractivity contribution in [3.63, 3.8) is 0 Å². The van der Waals surface area contributed by atoms with E-state index in [1.807, 2.05) is 0 Å². The van der Waals surface area contributed by atoms with Crippen molar-refractivity contribution in [3.8, 4) is 0 Å². The highest BCUT2D eigenvalue weighted by molar-refractivity contribution is 5.98. The van der Waals surface area contributed by atoms with Crippen molar-refractivity contribution >= 4 is 11.8 Å². The fourth-order valence-electron chi connectivity index (χ4n) is 1.05. The number of amides is 1. The summed E-state index contributed by atoms with van der Waals surface area (Å²) in [6, 6.07) is 0. The molecular formula is C7H3F6N2O2-. The van der Waals surface area contributed by atoms with E-state index in [-0.39, 0.29) is 0 Å². The monoisotopic (exact) mass is 261 g/mol. The number of allylic oxidation sites excluding steroid dienone is 1. The average Bonchev–Trinajstić information content (AvgIpc) is 1.93. The molecule has 1 aliphatic rings. The van der Waals surface area contributed by atoms with Crippen molar-refractivity contribution in [2.24, 2.45) is 4.99 Å². The van der Waals surface area contributed by atoms with Gasteiger partial charge in [-0.25, -0.2) is 0 Å². The molecule has 0 fully saturated rings. The lowest BCUT2D eigenvalue weighted by Crippen LogP contribution is -2.39. The molecule has 0 atom stereocenters. The van der Waals surface area contributed by atoms with Crippen LogP contribution in [0.4, 0.5) is 26.3 Å². The summed E-state index contributed by atoms with van der Waals surface area (Å²) >= 11 is 0. The normalized spacial score (nSPS) is 17.6. The number of rotatable bonds is 0. The molecule has 4 nitrogen and oxygen atoms in total. The topological polar surface area (TPSA) is 64.5 Å². The molecule has 1 heterocycles. The van der Waals surface area contributed by atoms with E-state index in [9.17, 15) is 36.2 Å². The van der Waals surface area contributed by atoms with Crippen LogP contribution in [0.2, 0.25) is 0 Å². The minimum Gasteiger partial charge on any atom is -0.861 e. The lowest BCUT2D eigenvalue weighted by Gasteiger charge is -2.23. The molecule has 96 valence electrons. The highest BCUT2D eigenvalue weighted by atomic mass is 19.4. The van der Waals surface area contributed by atoms with Crippen LogP contribution in [0.3, 0.4) is 0 Å². The summed E-state index contributed by atoms with van der Waals surface area (Å²) in [7, 11) is 0. The van der Waals surface area contributed by atoms with Crippen molar-refractivity contribution in [3.05, 3.63) is 11.4 Å². The summed E-state index contributed by atoms with van der Waals surface area (Å²) in [4.78, 5) is 13.2. The van der Waals surface area contributed by atoms with Gasteiger partial charge in [-0.3, -0.25) is 9.79 Å². The van der Waals surface area contributed by atoms with E-state index >= 15 is 0 Å². The number of nitrogens with one attached hydrogen (secondary N) is 1. The van der Waals surface area contributed by atoms with Gasteiger partial charge in [0.2, 0.25) is 5.91 Å². The summed E-state index contributed by atoms with van der Waals surface area (Å²) in [6.07, 6.45) is -12.4. The minimum atomic E-state index is -5.78. The first-order valence-electron chi connectivity index (χ1n) is 3.95. The third-order valence-electron chi connectivity index (χ3n) is 1.61. The molecule has 0 saturated heterocycles. The summed E-state index contributed by atoms with van der Waals surface area (Å²) in [5.74, 6) is -4.45. The van der Waals surface area contributed by atoms with Crippen LogP contribution in [0.15, 0.2) is 16.4 Å². The third kappa shape index (κ3) is 3.11. The van der Waals surface area contributed by atoms with Crippen LogP contribution in [0, 0.1) is 0 Å². The van der Waals surface area contributed by atoms with Gasteiger partial charge in [0, 0.05) is 0 Å². The Hall–Kier alpha value is -1.74. The lowest BCUT2D eigenvalue weighted by atomic mass is 10.2. The zero-order chi connectivity index (χ0) is 13.4. The van der Waals surface area contributed by atoms with Gasteiger partial charge in [-0.05, 0) is 5.90 Å². The van der Waals surface area contributed by atoms with Crippen molar-refractivity contribution in [2.45, 2.75) is 18.8 Å². The van der Waals surface area contributed by atoms with E-state index in [1.165, 1.54) is 5.32 Å². The van der Waals surface area contributed by atoms with E-state index in [2.05, 4.69) is 4.99 Å². The lowest BCUT2D eigenvalue weighted by molar-refractivity contribution is -0.219. The van der Waals surface area contributed by atoms with Gasteiger partial charge < -0.3 is 10.4 Å². The largest absolute Gasteiger partial charge is 0.861 e. The van der Waals surface area contributed by atoms with E-state index in [0.717, 1.165) is 0 Å². The van der Waals surface area contributed by atoms with Crippen molar-refractivity contribution in [1.29, 1.82) is 0 Å². The highest BCUT2D eigenvalue weighted by Gasteiger charge is 2.54. The van der Waals surface area contributed by atoms with Crippen LogP contribution in [0.1, 0.15) is 6.42 Å². The van der Waals surface area contributed by atoms with Gasteiger partial charge in [0.1, 0.15) is 5.82 Å². The van der Waals surface area contributed by atoms with Gasteiger partial charge in [0.25, 0.3) is 0 Å². The summed E-state index contributed by atoms with van der Waals surface area (Å²) < 4.78 is 72.9. The van der Waals surface area contributed by atoms with Gasteiger partial charge in [0.15, 0.2) is 5.57 Å². The Labute approximate surface area is 89.6 Å². The molecule has 1 amide bonds. The summed E-state index contributed by atoms with van der Waals surface area (Å²) in [5.41, 5.74) is -3.01. The average molecular weight is 261 g/mol. The van der Waals surface area contributed by atoms with Crippen molar-refractivity contribution in [1.82, 2.24) is 5.32 Å². The van der Waals surface area contributed by atoms with Crippen molar-refractivity contribution < 1.29 is 36.2 Å². The van der Waals surface area contributed by atoms with E-state index < -0.39 is 42.0 Å². The fraction of sp³-hybridized carbons (Fsp3) is 0.429. The summed E-state index contributed by atoms with van der Waals surface area (Å²) in [6.45, 7) is 0. The second-order valence-corrected chi connectivity index (χ2v) is 2.95. The Kier molecular flexibility index (Phi) is 3.08. The van der Waals surface area contributed by atoms with E-state index in [0.29, 0.717) is 0 Å². The Morgan fingerprint density at radius 1 is 1.18 bits per heavy atom. The maximum atomic E-state index is 12.2. The van der Waals surface area contributed by atoms with Crippen LogP contribution in [0.25, 0.3) is 0 Å². The third-order valence-corrected chi connectivity index (χ3v) is 1.61. The molecule has 0 aliphatic carbocycles. The smallest absolute Gasteiger partial charge is 0.424 e. The summed E-state index contributed by atoms with van der Waals surface area (Å²) in [5, 5.41) is 11.9. The Bertz CT molecular complexity index is 390. The van der Waals surface area contributed by atoms with Crippen molar-refractivity contribution in [2.75, 3.05) is 0 Å². The molecule has 1 rings (SSSR count). The van der Waals surface area contributed by atoms with Crippen LogP contribution >= 0.6 is 0 Å². The second-order valence-electron chi connectivity index (χ2n) is 2.95. The number of alkyl halides is 6. The first kappa shape index (κ1) is 13.3. The zero-order valence-electron chi connectivity index (χ0n) is 7.74. The molecule has 1 aliphatic heterocycles. The minimum absolute atomic E-state index is 0.882. The maximum absolute atomic E-state index is 12.2. The Morgan fingerprint density at radius 2 is 1.65 bits per heavy atom. The number of carbonyl (C=O) groups is 1. The molecule has 0 saturated carbocycles. The standard InChI is InChI=1S/C7H4F6N2O2/c8-6(9,10)4(7(11,12)13)5-14-2(16)1-3(17)15-5/h1H2,(H,14,16)(H,15,17)/p-1. The number of halogens is 6. The molecule has 0 bridgehead atoms. The predicted molar refractivity (Wildman–Crippen MR) is 39.3 cm³/mol. The Balaban J connectivity index is 3.40. The first-order chi connectivity index (χ1) is 7.51. The molecule has 1 N–H and O–H groups in total. The van der Waals surface area contributed by atoms with Crippen LogP contribution in [0.5, 0.6) is 0 Å². The van der Waals surface area contributed by atoms with Gasteiger partial charge >= 0.3 is 12.4 Å². The highest BCUT2D eigenvalue weighted by Crippen LogP contribution is 2.40. The van der Waals surface area contributed by atoms with Gasteiger partial charge in [-0.1, -0.05) is 0 Å². The fourth-order valence-corrected chi connectivity index (χ4v) is 1.05. The van der Waals surface area contributed by atoms with Gasteiger partial charge in [-0.2, -0.15) is 26.3 Å². The van der Waals surface area contributed by atoms with Gasteiger partial charge in [0.05, 0.1) is 6.42 Å². The Morgan fingerprint density at radius 3 is 2.00 bits per heavy atom. The molecule has 0 radical (unpaired) electrons. The molecule has 0 aromatic rings. The number of hydrogen-bond donors (Lipinski definition) is 1. The van der Waals surface area contributed by atoms with Crippen LogP contribution in [-0.2, 0) is 4.79 Å². The van der Waals surface area contributed by atoms with E-state index in [1.54, 1.807) is 0 Å².